The fourth-order valence-corrected chi connectivity index (χ4v) is 2.71. The maximum absolute atomic E-state index is 12.8. The van der Waals surface area contributed by atoms with E-state index in [4.69, 9.17) is 14.2 Å². The highest BCUT2D eigenvalue weighted by atomic mass is 16.6. The number of methoxy groups -OCH3 is 1. The molecule has 7 heteroatoms. The molecule has 0 spiro atoms. The van der Waals surface area contributed by atoms with E-state index in [0.717, 1.165) is 5.56 Å². The van der Waals surface area contributed by atoms with Crippen molar-refractivity contribution in [2.75, 3.05) is 31.0 Å². The first-order valence-electron chi connectivity index (χ1n) is 8.98. The first-order valence-corrected chi connectivity index (χ1v) is 8.98. The second-order valence-electron chi connectivity index (χ2n) is 7.10. The number of hydrogen-bond donors (Lipinski definition) is 2. The number of amides is 2. The van der Waals surface area contributed by atoms with Crippen LogP contribution in [0.3, 0.4) is 0 Å². The molecule has 148 valence electrons. The van der Waals surface area contributed by atoms with Crippen LogP contribution < -0.4 is 24.8 Å². The fraction of sp³-hybridized carbons (Fsp3) is 0.333. The zero-order valence-electron chi connectivity index (χ0n) is 16.4. The van der Waals surface area contributed by atoms with Crippen molar-refractivity contribution in [3.05, 3.63) is 42.0 Å². The van der Waals surface area contributed by atoms with E-state index in [-0.39, 0.29) is 0 Å². The molecular formula is C21H24N2O5. The number of benzene rings is 2. The van der Waals surface area contributed by atoms with Crippen LogP contribution in [0.25, 0.3) is 0 Å². The topological polar surface area (TPSA) is 85.9 Å². The maximum atomic E-state index is 12.8. The predicted octanol–water partition coefficient (Wildman–Crippen LogP) is 3.38. The standard InChI is InChI=1S/C21H24N2O5/c1-13-5-7-16(26-4)15(11-13)23-20(25)21(2,3)19(24)22-14-6-8-17-18(12-14)28-10-9-27-17/h5-8,11-12H,9-10H2,1-4H3,(H,22,24)(H,23,25). The van der Waals surface area contributed by atoms with Gasteiger partial charge in [-0.25, -0.2) is 0 Å². The molecule has 1 aliphatic heterocycles. The van der Waals surface area contributed by atoms with Crippen molar-refractivity contribution in [2.45, 2.75) is 20.8 Å². The molecule has 2 amide bonds. The summed E-state index contributed by atoms with van der Waals surface area (Å²) in [4.78, 5) is 25.6. The Balaban J connectivity index is 1.73. The minimum atomic E-state index is -1.32. The van der Waals surface area contributed by atoms with E-state index in [2.05, 4.69) is 10.6 Å². The average Bonchev–Trinajstić information content (AvgIpc) is 2.68. The summed E-state index contributed by atoms with van der Waals surface area (Å²) in [6.07, 6.45) is 0. The number of carbonyl (C=O) groups excluding carboxylic acids is 2. The minimum absolute atomic E-state index is 0.437. The Morgan fingerprint density at radius 1 is 0.964 bits per heavy atom. The third-order valence-electron chi connectivity index (χ3n) is 4.54. The highest BCUT2D eigenvalue weighted by Gasteiger charge is 2.36. The molecule has 2 aromatic carbocycles. The summed E-state index contributed by atoms with van der Waals surface area (Å²) in [5, 5.41) is 5.56. The van der Waals surface area contributed by atoms with Crippen molar-refractivity contribution in [1.29, 1.82) is 0 Å². The molecule has 3 rings (SSSR count). The summed E-state index contributed by atoms with van der Waals surface area (Å²) in [6, 6.07) is 10.6. The summed E-state index contributed by atoms with van der Waals surface area (Å²) in [5.74, 6) is 0.852. The smallest absolute Gasteiger partial charge is 0.239 e. The van der Waals surface area contributed by atoms with Crippen LogP contribution in [0.1, 0.15) is 19.4 Å². The van der Waals surface area contributed by atoms with Gasteiger partial charge in [-0.2, -0.15) is 0 Å². The van der Waals surface area contributed by atoms with Gasteiger partial charge in [-0.05, 0) is 50.6 Å². The number of aryl methyl sites for hydroxylation is 1. The van der Waals surface area contributed by atoms with Crippen molar-refractivity contribution in [2.24, 2.45) is 5.41 Å². The van der Waals surface area contributed by atoms with Crippen molar-refractivity contribution in [3.8, 4) is 17.2 Å². The van der Waals surface area contributed by atoms with Gasteiger partial charge in [0, 0.05) is 11.8 Å². The Bertz CT molecular complexity index is 908. The Hall–Kier alpha value is -3.22. The Morgan fingerprint density at radius 3 is 2.36 bits per heavy atom. The van der Waals surface area contributed by atoms with Gasteiger partial charge < -0.3 is 24.8 Å². The first kappa shape index (κ1) is 19.5. The molecule has 0 radical (unpaired) electrons. The van der Waals surface area contributed by atoms with Gasteiger partial charge in [0.1, 0.15) is 24.4 Å². The average molecular weight is 384 g/mol. The molecule has 1 aliphatic rings. The molecule has 0 aromatic heterocycles. The van der Waals surface area contributed by atoms with Gasteiger partial charge in [0.25, 0.3) is 0 Å². The molecule has 7 nitrogen and oxygen atoms in total. The van der Waals surface area contributed by atoms with Crippen LogP contribution in [-0.2, 0) is 9.59 Å². The van der Waals surface area contributed by atoms with Gasteiger partial charge in [0.15, 0.2) is 11.5 Å². The Kier molecular flexibility index (Phi) is 5.44. The van der Waals surface area contributed by atoms with Crippen molar-refractivity contribution in [3.63, 3.8) is 0 Å². The van der Waals surface area contributed by atoms with E-state index < -0.39 is 17.2 Å². The number of rotatable bonds is 5. The van der Waals surface area contributed by atoms with Gasteiger partial charge >= 0.3 is 0 Å². The van der Waals surface area contributed by atoms with Gasteiger partial charge in [-0.1, -0.05) is 6.07 Å². The fourth-order valence-electron chi connectivity index (χ4n) is 2.71. The molecule has 0 saturated heterocycles. The number of fused-ring (bicyclic) bond motifs is 1. The van der Waals surface area contributed by atoms with Crippen LogP contribution in [0.5, 0.6) is 17.2 Å². The Morgan fingerprint density at radius 2 is 1.64 bits per heavy atom. The zero-order valence-corrected chi connectivity index (χ0v) is 16.4. The van der Waals surface area contributed by atoms with Crippen molar-refractivity contribution in [1.82, 2.24) is 0 Å². The second kappa shape index (κ2) is 7.80. The molecular weight excluding hydrogens is 360 g/mol. The lowest BCUT2D eigenvalue weighted by Crippen LogP contribution is -2.41. The third-order valence-corrected chi connectivity index (χ3v) is 4.54. The van der Waals surface area contributed by atoms with E-state index in [1.807, 2.05) is 13.0 Å². The van der Waals surface area contributed by atoms with E-state index in [9.17, 15) is 9.59 Å². The minimum Gasteiger partial charge on any atom is -0.495 e. The zero-order chi connectivity index (χ0) is 20.3. The molecule has 2 N–H and O–H groups in total. The molecule has 0 fully saturated rings. The summed E-state index contributed by atoms with van der Waals surface area (Å²) in [6.45, 7) is 6.00. The molecule has 0 atom stereocenters. The van der Waals surface area contributed by atoms with Crippen LogP contribution in [-0.4, -0.2) is 32.1 Å². The normalized spacial score (nSPS) is 12.9. The largest absolute Gasteiger partial charge is 0.495 e. The lowest BCUT2D eigenvalue weighted by molar-refractivity contribution is -0.135. The van der Waals surface area contributed by atoms with Crippen molar-refractivity contribution >= 4 is 23.2 Å². The summed E-state index contributed by atoms with van der Waals surface area (Å²) in [5.41, 5.74) is 0.702. The van der Waals surface area contributed by atoms with Gasteiger partial charge in [-0.15, -0.1) is 0 Å². The summed E-state index contributed by atoms with van der Waals surface area (Å²) < 4.78 is 16.3. The molecule has 2 aromatic rings. The lowest BCUT2D eigenvalue weighted by atomic mass is 9.90. The monoisotopic (exact) mass is 384 g/mol. The second-order valence-corrected chi connectivity index (χ2v) is 7.10. The van der Waals surface area contributed by atoms with Crippen LogP contribution in [0.2, 0.25) is 0 Å². The van der Waals surface area contributed by atoms with E-state index in [1.54, 1.807) is 44.2 Å². The molecule has 1 heterocycles. The van der Waals surface area contributed by atoms with E-state index in [0.29, 0.717) is 41.8 Å². The summed E-state index contributed by atoms with van der Waals surface area (Å²) >= 11 is 0. The number of anilines is 2. The van der Waals surface area contributed by atoms with Gasteiger partial charge in [0.2, 0.25) is 11.8 Å². The molecule has 0 aliphatic carbocycles. The van der Waals surface area contributed by atoms with Crippen LogP contribution >= 0.6 is 0 Å². The quantitative estimate of drug-likeness (QED) is 0.772. The highest BCUT2D eigenvalue weighted by Crippen LogP contribution is 2.33. The maximum Gasteiger partial charge on any atom is 0.239 e. The summed E-state index contributed by atoms with van der Waals surface area (Å²) in [7, 11) is 1.53. The van der Waals surface area contributed by atoms with Gasteiger partial charge in [-0.3, -0.25) is 9.59 Å². The van der Waals surface area contributed by atoms with Crippen molar-refractivity contribution < 1.29 is 23.8 Å². The number of hydrogen-bond acceptors (Lipinski definition) is 5. The molecule has 28 heavy (non-hydrogen) atoms. The van der Waals surface area contributed by atoms with Crippen LogP contribution in [0, 0.1) is 12.3 Å². The molecule has 0 unspecified atom stereocenters. The first-order chi connectivity index (χ1) is 13.3. The number of carbonyl (C=O) groups is 2. The highest BCUT2D eigenvalue weighted by molar-refractivity contribution is 6.14. The Labute approximate surface area is 164 Å². The van der Waals surface area contributed by atoms with Gasteiger partial charge in [0.05, 0.1) is 12.8 Å². The molecule has 0 bridgehead atoms. The van der Waals surface area contributed by atoms with Crippen LogP contribution in [0.4, 0.5) is 11.4 Å². The third kappa shape index (κ3) is 4.03. The SMILES string of the molecule is COc1ccc(C)cc1NC(=O)C(C)(C)C(=O)Nc1ccc2c(c1)OCCO2. The van der Waals surface area contributed by atoms with Crippen LogP contribution in [0.15, 0.2) is 36.4 Å². The lowest BCUT2D eigenvalue weighted by Gasteiger charge is -2.24. The number of ether oxygens (including phenoxy) is 3. The van der Waals surface area contributed by atoms with E-state index in [1.165, 1.54) is 7.11 Å². The predicted molar refractivity (Wildman–Crippen MR) is 106 cm³/mol. The van der Waals surface area contributed by atoms with E-state index >= 15 is 0 Å². The number of nitrogens with one attached hydrogen (secondary N) is 2. The molecule has 0 saturated carbocycles.